The van der Waals surface area contributed by atoms with Gasteiger partial charge in [-0.1, -0.05) is 78.9 Å². The molecule has 3 aromatic carbocycles. The molecule has 106 valence electrons. The van der Waals surface area contributed by atoms with Crippen molar-refractivity contribution in [1.29, 1.82) is 0 Å². The Labute approximate surface area is 134 Å². The topological polar surface area (TPSA) is 0 Å². The molecule has 0 saturated carbocycles. The number of hydrogen-bond donors (Lipinski definition) is 0. The summed E-state index contributed by atoms with van der Waals surface area (Å²) in [6.45, 7) is 0. The molecule has 4 rings (SSSR count). The van der Waals surface area contributed by atoms with Crippen LogP contribution in [0.15, 0.2) is 90.3 Å². The lowest BCUT2D eigenvalue weighted by molar-refractivity contribution is 1.01. The van der Waals surface area contributed by atoms with Crippen molar-refractivity contribution >= 4 is 22.1 Å². The van der Waals surface area contributed by atoms with Crippen LogP contribution in [0.3, 0.4) is 0 Å². The molecule has 0 fully saturated rings. The van der Waals surface area contributed by atoms with Gasteiger partial charge in [-0.2, -0.15) is 0 Å². The molecule has 0 bridgehead atoms. The first-order valence-corrected chi connectivity index (χ1v) is 8.37. The van der Waals surface area contributed by atoms with Gasteiger partial charge < -0.3 is 0 Å². The van der Waals surface area contributed by atoms with E-state index < -0.39 is 0 Å². The first-order chi connectivity index (χ1) is 10.9. The molecule has 1 atom stereocenters. The molecule has 0 nitrogen and oxygen atoms in total. The Morgan fingerprint density at radius 1 is 0.591 bits per heavy atom. The van der Waals surface area contributed by atoms with Gasteiger partial charge in [-0.3, -0.25) is 0 Å². The predicted octanol–water partition coefficient (Wildman–Crippen LogP) is 6.08. The number of benzene rings is 3. The van der Waals surface area contributed by atoms with Crippen molar-refractivity contribution in [2.24, 2.45) is 0 Å². The molecule has 0 saturated heterocycles. The lowest BCUT2D eigenvalue weighted by atomic mass is 9.89. The number of thiophene rings is 1. The Balaban J connectivity index is 1.89. The fourth-order valence-corrected chi connectivity index (χ4v) is 3.89. The zero-order valence-corrected chi connectivity index (χ0v) is 13.0. The van der Waals surface area contributed by atoms with Gasteiger partial charge in [-0.05, 0) is 33.3 Å². The van der Waals surface area contributed by atoms with Crippen LogP contribution in [0.2, 0.25) is 0 Å². The van der Waals surface area contributed by atoms with Crippen LogP contribution in [0.5, 0.6) is 0 Å². The number of rotatable bonds is 3. The van der Waals surface area contributed by atoms with Crippen LogP contribution in [0, 0.1) is 0 Å². The normalized spacial score (nSPS) is 12.4. The summed E-state index contributed by atoms with van der Waals surface area (Å²) in [4.78, 5) is 1.39. The molecule has 22 heavy (non-hydrogen) atoms. The van der Waals surface area contributed by atoms with Crippen molar-refractivity contribution < 1.29 is 0 Å². The first kappa shape index (κ1) is 13.3. The minimum atomic E-state index is 0.311. The maximum Gasteiger partial charge on any atom is 0.0434 e. The van der Waals surface area contributed by atoms with Crippen LogP contribution in [0.25, 0.3) is 10.8 Å². The Morgan fingerprint density at radius 2 is 1.36 bits per heavy atom. The second-order valence-electron chi connectivity index (χ2n) is 5.47. The largest absolute Gasteiger partial charge is 0.148 e. The summed E-state index contributed by atoms with van der Waals surface area (Å²) in [5.41, 5.74) is 2.70. The molecule has 0 aliphatic carbocycles. The third-order valence-electron chi connectivity index (χ3n) is 4.07. The predicted molar refractivity (Wildman–Crippen MR) is 95.7 cm³/mol. The molecule has 0 spiro atoms. The molecule has 1 heteroatoms. The maximum absolute atomic E-state index is 2.33. The zero-order chi connectivity index (χ0) is 14.8. The average molecular weight is 300 g/mol. The van der Waals surface area contributed by atoms with Crippen molar-refractivity contribution in [3.63, 3.8) is 0 Å². The van der Waals surface area contributed by atoms with E-state index in [1.807, 2.05) is 11.3 Å². The molecule has 4 aromatic rings. The Morgan fingerprint density at radius 3 is 2.14 bits per heavy atom. The van der Waals surface area contributed by atoms with Crippen molar-refractivity contribution in [2.45, 2.75) is 5.92 Å². The Bertz CT molecular complexity index is 876. The van der Waals surface area contributed by atoms with Gasteiger partial charge in [0, 0.05) is 10.8 Å². The summed E-state index contributed by atoms with van der Waals surface area (Å²) in [5, 5.41) is 4.76. The standard InChI is InChI=1S/C21H16S/c1-2-8-17(9-3-1)21(20-11-6-14-22-20)19-13-12-16-7-4-5-10-18(16)15-19/h1-15,21H/t21-/m1/s1. The van der Waals surface area contributed by atoms with E-state index in [-0.39, 0.29) is 0 Å². The molecule has 0 amide bonds. The first-order valence-electron chi connectivity index (χ1n) is 7.49. The van der Waals surface area contributed by atoms with E-state index in [2.05, 4.69) is 90.3 Å². The smallest absolute Gasteiger partial charge is 0.0434 e. The van der Waals surface area contributed by atoms with E-state index in [1.165, 1.54) is 26.8 Å². The van der Waals surface area contributed by atoms with Crippen molar-refractivity contribution in [2.75, 3.05) is 0 Å². The molecular weight excluding hydrogens is 284 g/mol. The Hall–Kier alpha value is -2.38. The van der Waals surface area contributed by atoms with E-state index in [0.29, 0.717) is 5.92 Å². The number of hydrogen-bond acceptors (Lipinski definition) is 1. The highest BCUT2D eigenvalue weighted by atomic mass is 32.1. The maximum atomic E-state index is 2.33. The van der Waals surface area contributed by atoms with Gasteiger partial charge in [0.05, 0.1) is 0 Å². The van der Waals surface area contributed by atoms with Crippen LogP contribution < -0.4 is 0 Å². The number of fused-ring (bicyclic) bond motifs is 1. The van der Waals surface area contributed by atoms with E-state index in [9.17, 15) is 0 Å². The van der Waals surface area contributed by atoms with Crippen LogP contribution in [0.4, 0.5) is 0 Å². The van der Waals surface area contributed by atoms with Gasteiger partial charge >= 0.3 is 0 Å². The highest BCUT2D eigenvalue weighted by Gasteiger charge is 2.17. The third kappa shape index (κ3) is 2.44. The zero-order valence-electron chi connectivity index (χ0n) is 12.1. The SMILES string of the molecule is c1ccc([C@H](c2ccc3ccccc3c2)c2cccs2)cc1. The summed E-state index contributed by atoms with van der Waals surface area (Å²) in [7, 11) is 0. The van der Waals surface area contributed by atoms with Gasteiger partial charge in [-0.25, -0.2) is 0 Å². The van der Waals surface area contributed by atoms with E-state index in [1.54, 1.807) is 0 Å². The van der Waals surface area contributed by atoms with E-state index in [0.717, 1.165) is 0 Å². The van der Waals surface area contributed by atoms with Crippen LogP contribution in [-0.4, -0.2) is 0 Å². The quantitative estimate of drug-likeness (QED) is 0.430. The minimum Gasteiger partial charge on any atom is -0.148 e. The van der Waals surface area contributed by atoms with Gasteiger partial charge in [0.25, 0.3) is 0 Å². The average Bonchev–Trinajstić information content (AvgIpc) is 3.10. The fraction of sp³-hybridized carbons (Fsp3) is 0.0476. The van der Waals surface area contributed by atoms with Crippen LogP contribution in [-0.2, 0) is 0 Å². The minimum absolute atomic E-state index is 0.311. The van der Waals surface area contributed by atoms with Gasteiger partial charge in [0.15, 0.2) is 0 Å². The lowest BCUT2D eigenvalue weighted by Crippen LogP contribution is -2.01. The molecule has 0 unspecified atom stereocenters. The molecule has 1 aromatic heterocycles. The van der Waals surface area contributed by atoms with Gasteiger partial charge in [-0.15, -0.1) is 11.3 Å². The third-order valence-corrected chi connectivity index (χ3v) is 5.00. The summed E-state index contributed by atoms with van der Waals surface area (Å²) in [6.07, 6.45) is 0. The summed E-state index contributed by atoms with van der Waals surface area (Å²) < 4.78 is 0. The lowest BCUT2D eigenvalue weighted by Gasteiger charge is -2.17. The molecule has 0 N–H and O–H groups in total. The molecular formula is C21H16S. The van der Waals surface area contributed by atoms with Crippen molar-refractivity contribution in [1.82, 2.24) is 0 Å². The summed E-state index contributed by atoms with van der Waals surface area (Å²) in [5.74, 6) is 0.311. The monoisotopic (exact) mass is 300 g/mol. The van der Waals surface area contributed by atoms with Crippen LogP contribution >= 0.6 is 11.3 Å². The van der Waals surface area contributed by atoms with Crippen molar-refractivity contribution in [3.8, 4) is 0 Å². The second-order valence-corrected chi connectivity index (χ2v) is 6.44. The highest BCUT2D eigenvalue weighted by molar-refractivity contribution is 7.10. The summed E-state index contributed by atoms with van der Waals surface area (Å²) in [6, 6.07) is 30.5. The second kappa shape index (κ2) is 5.78. The van der Waals surface area contributed by atoms with E-state index in [4.69, 9.17) is 0 Å². The molecule has 1 heterocycles. The summed E-state index contributed by atoms with van der Waals surface area (Å²) >= 11 is 1.83. The molecule has 0 aliphatic heterocycles. The van der Waals surface area contributed by atoms with Gasteiger partial charge in [0.2, 0.25) is 0 Å². The molecule has 0 aliphatic rings. The van der Waals surface area contributed by atoms with Crippen molar-refractivity contribution in [3.05, 3.63) is 106 Å². The fourth-order valence-electron chi connectivity index (χ4n) is 3.01. The van der Waals surface area contributed by atoms with Crippen LogP contribution in [0.1, 0.15) is 21.9 Å². The van der Waals surface area contributed by atoms with E-state index >= 15 is 0 Å². The van der Waals surface area contributed by atoms with Gasteiger partial charge in [0.1, 0.15) is 0 Å². The Kier molecular flexibility index (Phi) is 3.49. The highest BCUT2D eigenvalue weighted by Crippen LogP contribution is 2.35. The molecule has 0 radical (unpaired) electrons.